The lowest BCUT2D eigenvalue weighted by Crippen LogP contribution is -2.09. The van der Waals surface area contributed by atoms with Crippen molar-refractivity contribution in [2.75, 3.05) is 5.75 Å². The lowest BCUT2D eigenvalue weighted by molar-refractivity contribution is -0.108. The highest BCUT2D eigenvalue weighted by atomic mass is 35.5. The highest BCUT2D eigenvalue weighted by molar-refractivity contribution is 8.25. The standard InChI is InChI=1S/C12H8Cl2N2OS2/c13-7-1-2-8(9(14)3-7)11-5-18-12(19-11)10(4-15)16-6-17/h1-3,6,11H,5H2,(H,16,17)/b12-10+/t11-/m1/s1. The van der Waals surface area contributed by atoms with Gasteiger partial charge in [-0.1, -0.05) is 29.3 Å². The van der Waals surface area contributed by atoms with E-state index in [-0.39, 0.29) is 10.9 Å². The second kappa shape index (κ2) is 6.58. The first-order chi connectivity index (χ1) is 9.15. The molecular weight excluding hydrogens is 323 g/mol. The number of thioether (sulfide) groups is 2. The molecule has 2 rings (SSSR count). The van der Waals surface area contributed by atoms with Gasteiger partial charge in [-0.25, -0.2) is 0 Å². The van der Waals surface area contributed by atoms with Crippen molar-refractivity contribution in [3.8, 4) is 6.07 Å². The SMILES string of the molecule is N#C/C(NC=O)=C1/SC[C@H](c2ccc(Cl)cc2Cl)S1. The summed E-state index contributed by atoms with van der Waals surface area (Å²) in [7, 11) is 0. The summed E-state index contributed by atoms with van der Waals surface area (Å²) in [5, 5.41) is 12.7. The number of nitrogens with zero attached hydrogens (tertiary/aromatic N) is 1. The number of benzene rings is 1. The fourth-order valence-electron chi connectivity index (χ4n) is 1.59. The summed E-state index contributed by atoms with van der Waals surface area (Å²) in [6.45, 7) is 0. The molecule has 1 heterocycles. The van der Waals surface area contributed by atoms with Crippen LogP contribution in [0, 0.1) is 11.3 Å². The summed E-state index contributed by atoms with van der Waals surface area (Å²) in [5.74, 6) is 0.799. The molecule has 0 saturated carbocycles. The number of nitriles is 1. The van der Waals surface area contributed by atoms with Gasteiger partial charge in [0, 0.05) is 21.0 Å². The molecular formula is C12H8Cl2N2OS2. The second-order valence-corrected chi connectivity index (χ2v) is 6.97. The molecule has 0 aliphatic carbocycles. The van der Waals surface area contributed by atoms with E-state index in [0.717, 1.165) is 15.6 Å². The van der Waals surface area contributed by atoms with E-state index in [0.29, 0.717) is 16.5 Å². The molecule has 0 unspecified atom stereocenters. The van der Waals surface area contributed by atoms with Gasteiger partial charge in [0.15, 0.2) is 0 Å². The highest BCUT2D eigenvalue weighted by Gasteiger charge is 2.27. The first-order valence-electron chi connectivity index (χ1n) is 5.24. The van der Waals surface area contributed by atoms with E-state index in [1.165, 1.54) is 23.5 Å². The van der Waals surface area contributed by atoms with E-state index in [2.05, 4.69) is 5.32 Å². The van der Waals surface area contributed by atoms with Crippen LogP contribution in [0.15, 0.2) is 28.1 Å². The van der Waals surface area contributed by atoms with Gasteiger partial charge in [0.25, 0.3) is 0 Å². The van der Waals surface area contributed by atoms with Crippen molar-refractivity contribution in [2.45, 2.75) is 5.25 Å². The van der Waals surface area contributed by atoms with Crippen molar-refractivity contribution in [2.24, 2.45) is 0 Å². The smallest absolute Gasteiger partial charge is 0.212 e. The Morgan fingerprint density at radius 2 is 2.32 bits per heavy atom. The third-order valence-corrected chi connectivity index (χ3v) is 5.95. The van der Waals surface area contributed by atoms with Gasteiger partial charge >= 0.3 is 0 Å². The van der Waals surface area contributed by atoms with Crippen LogP contribution in [-0.2, 0) is 4.79 Å². The Balaban J connectivity index is 2.23. The molecule has 1 amide bonds. The fraction of sp³-hybridized carbons (Fsp3) is 0.167. The number of carbonyl (C=O) groups excluding carboxylic acids is 1. The molecule has 1 aliphatic heterocycles. The van der Waals surface area contributed by atoms with Crippen molar-refractivity contribution in [3.63, 3.8) is 0 Å². The molecule has 0 aromatic heterocycles. The van der Waals surface area contributed by atoms with Gasteiger partial charge in [0.1, 0.15) is 11.8 Å². The van der Waals surface area contributed by atoms with E-state index in [1.807, 2.05) is 12.1 Å². The van der Waals surface area contributed by atoms with Crippen molar-refractivity contribution >= 4 is 53.1 Å². The average molecular weight is 331 g/mol. The largest absolute Gasteiger partial charge is 0.319 e. The Bertz CT molecular complexity index is 584. The molecule has 1 aromatic rings. The van der Waals surface area contributed by atoms with Crippen LogP contribution in [0.2, 0.25) is 10.0 Å². The van der Waals surface area contributed by atoms with E-state index in [4.69, 9.17) is 28.5 Å². The number of hydrogen-bond acceptors (Lipinski definition) is 4. The average Bonchev–Trinajstić information content (AvgIpc) is 2.85. The number of rotatable bonds is 3. The van der Waals surface area contributed by atoms with Crippen LogP contribution in [0.1, 0.15) is 10.8 Å². The Hall–Kier alpha value is -0.800. The Morgan fingerprint density at radius 3 is 2.95 bits per heavy atom. The maximum atomic E-state index is 10.4. The first-order valence-corrected chi connectivity index (χ1v) is 7.86. The van der Waals surface area contributed by atoms with Gasteiger partial charge in [-0.15, -0.1) is 23.5 Å². The molecule has 1 aliphatic rings. The molecule has 3 nitrogen and oxygen atoms in total. The quantitative estimate of drug-likeness (QED) is 0.673. The zero-order chi connectivity index (χ0) is 13.8. The van der Waals surface area contributed by atoms with Crippen LogP contribution >= 0.6 is 46.7 Å². The molecule has 98 valence electrons. The van der Waals surface area contributed by atoms with Crippen molar-refractivity contribution in [3.05, 3.63) is 43.7 Å². The fourth-order valence-corrected chi connectivity index (χ4v) is 5.04. The van der Waals surface area contributed by atoms with Crippen LogP contribution in [-0.4, -0.2) is 12.2 Å². The highest BCUT2D eigenvalue weighted by Crippen LogP contribution is 2.52. The third-order valence-electron chi connectivity index (χ3n) is 2.44. The van der Waals surface area contributed by atoms with Crippen LogP contribution in [0.5, 0.6) is 0 Å². The van der Waals surface area contributed by atoms with Gasteiger partial charge in [-0.05, 0) is 17.7 Å². The number of nitrogens with one attached hydrogen (secondary N) is 1. The Labute approximate surface area is 129 Å². The molecule has 1 N–H and O–H groups in total. The monoisotopic (exact) mass is 330 g/mol. The van der Waals surface area contributed by atoms with Crippen LogP contribution in [0.25, 0.3) is 0 Å². The van der Waals surface area contributed by atoms with E-state index >= 15 is 0 Å². The molecule has 7 heteroatoms. The van der Waals surface area contributed by atoms with Crippen molar-refractivity contribution in [1.82, 2.24) is 5.32 Å². The molecule has 1 atom stereocenters. The number of hydrogen-bond donors (Lipinski definition) is 1. The summed E-state index contributed by atoms with van der Waals surface area (Å²) in [6, 6.07) is 7.38. The summed E-state index contributed by atoms with van der Waals surface area (Å²) < 4.78 is 0.811. The number of carbonyl (C=O) groups is 1. The van der Waals surface area contributed by atoms with Gasteiger partial charge in [0.2, 0.25) is 6.41 Å². The summed E-state index contributed by atoms with van der Waals surface area (Å²) in [6.07, 6.45) is 0.509. The van der Waals surface area contributed by atoms with Crippen molar-refractivity contribution in [1.29, 1.82) is 5.26 Å². The zero-order valence-electron chi connectivity index (χ0n) is 9.52. The molecule has 0 bridgehead atoms. The predicted octanol–water partition coefficient (Wildman–Crippen LogP) is 3.95. The maximum Gasteiger partial charge on any atom is 0.212 e. The molecule has 1 saturated heterocycles. The topological polar surface area (TPSA) is 52.9 Å². The number of allylic oxidation sites excluding steroid dienone is 1. The van der Waals surface area contributed by atoms with Gasteiger partial charge in [0.05, 0.1) is 4.24 Å². The summed E-state index contributed by atoms with van der Waals surface area (Å²) in [5.41, 5.74) is 1.28. The van der Waals surface area contributed by atoms with Gasteiger partial charge < -0.3 is 5.32 Å². The lowest BCUT2D eigenvalue weighted by Gasteiger charge is -2.10. The zero-order valence-corrected chi connectivity index (χ0v) is 12.7. The molecule has 1 fully saturated rings. The van der Waals surface area contributed by atoms with Gasteiger partial charge in [-0.2, -0.15) is 5.26 Å². The third kappa shape index (κ3) is 3.40. The van der Waals surface area contributed by atoms with E-state index < -0.39 is 0 Å². The second-order valence-electron chi connectivity index (χ2n) is 3.62. The minimum absolute atomic E-state index is 0.154. The Kier molecular flexibility index (Phi) is 5.06. The normalized spacial score (nSPS) is 20.8. The number of amides is 1. The maximum absolute atomic E-state index is 10.4. The summed E-state index contributed by atoms with van der Waals surface area (Å²) in [4.78, 5) is 10.4. The van der Waals surface area contributed by atoms with E-state index in [9.17, 15) is 4.79 Å². The minimum atomic E-state index is 0.154. The van der Waals surface area contributed by atoms with Crippen LogP contribution in [0.3, 0.4) is 0 Å². The first kappa shape index (κ1) is 14.6. The molecule has 1 aromatic carbocycles. The molecule has 0 spiro atoms. The number of halogens is 2. The molecule has 19 heavy (non-hydrogen) atoms. The van der Waals surface area contributed by atoms with E-state index in [1.54, 1.807) is 12.1 Å². The Morgan fingerprint density at radius 1 is 1.53 bits per heavy atom. The van der Waals surface area contributed by atoms with Crippen molar-refractivity contribution < 1.29 is 4.79 Å². The molecule has 0 radical (unpaired) electrons. The van der Waals surface area contributed by atoms with Gasteiger partial charge in [-0.3, -0.25) is 4.79 Å². The minimum Gasteiger partial charge on any atom is -0.319 e. The lowest BCUT2D eigenvalue weighted by atomic mass is 10.2. The van der Waals surface area contributed by atoms with Crippen LogP contribution < -0.4 is 5.32 Å². The predicted molar refractivity (Wildman–Crippen MR) is 81.1 cm³/mol. The van der Waals surface area contributed by atoms with Crippen LogP contribution in [0.4, 0.5) is 0 Å². The summed E-state index contributed by atoms with van der Waals surface area (Å²) >= 11 is 15.1.